The molecule has 4 atom stereocenters. The maximum atomic E-state index is 14.0. The third-order valence-electron chi connectivity index (χ3n) is 10.9. The molecule has 0 aliphatic carbocycles. The zero-order chi connectivity index (χ0) is 44.4. The van der Waals surface area contributed by atoms with Crippen molar-refractivity contribution in [3.05, 3.63) is 95.6 Å². The van der Waals surface area contributed by atoms with Crippen LogP contribution in [0, 0.1) is 12.3 Å². The summed E-state index contributed by atoms with van der Waals surface area (Å²) in [7, 11) is 4.05. The molecule has 5 aromatic rings. The van der Waals surface area contributed by atoms with E-state index in [-0.39, 0.29) is 31.5 Å². The largest absolute Gasteiger partial charge is 0.493 e. The fourth-order valence-corrected chi connectivity index (χ4v) is 8.20. The standard InChI is InChI=1S/C48H60N6O7S/c1-31(33-10-12-35(13-11-33)44-32(2)49-30-62-44)50-46(57)42-27-38(55)28-54(42)47(58)45(48(3,4)5)52-43(56)29-60-24-8-22-59-23-9-25-61-39-19-21-41-36(26-39)16-20-40(51-41)34-14-17-37(18-15-34)53(6)7/h10-21,26,30-31,38,42,45,55H,8-9,22-25,27-29H2,1-7H3,(H,50,57)(H,52,56)/t31-,38+,42-,45?/m0/s1. The number of anilines is 1. The molecule has 1 unspecified atom stereocenters. The van der Waals surface area contributed by atoms with E-state index < -0.39 is 35.4 Å². The number of aliphatic hydroxyl groups is 1. The van der Waals surface area contributed by atoms with Crippen LogP contribution in [-0.2, 0) is 23.9 Å². The van der Waals surface area contributed by atoms with E-state index in [4.69, 9.17) is 19.2 Å². The van der Waals surface area contributed by atoms with Gasteiger partial charge in [-0.3, -0.25) is 14.4 Å². The molecule has 3 amide bonds. The Morgan fingerprint density at radius 2 is 1.60 bits per heavy atom. The lowest BCUT2D eigenvalue weighted by molar-refractivity contribution is -0.144. The number of aromatic nitrogens is 2. The molecule has 13 nitrogen and oxygen atoms in total. The molecular formula is C48H60N6O7S. The average molecular weight is 865 g/mol. The van der Waals surface area contributed by atoms with E-state index in [1.54, 1.807) is 11.3 Å². The Hall–Kier alpha value is -5.41. The molecule has 0 spiro atoms. The highest BCUT2D eigenvalue weighted by Gasteiger charge is 2.44. The van der Waals surface area contributed by atoms with Crippen molar-refractivity contribution < 1.29 is 33.7 Å². The number of fused-ring (bicyclic) bond motifs is 1. The monoisotopic (exact) mass is 864 g/mol. The Balaban J connectivity index is 0.879. The molecule has 2 aromatic heterocycles. The molecule has 0 saturated carbocycles. The maximum Gasteiger partial charge on any atom is 0.246 e. The first kappa shape index (κ1) is 46.1. The van der Waals surface area contributed by atoms with Crippen LogP contribution in [0.5, 0.6) is 5.75 Å². The molecule has 0 radical (unpaired) electrons. The van der Waals surface area contributed by atoms with Crippen LogP contribution in [0.4, 0.5) is 5.69 Å². The van der Waals surface area contributed by atoms with Crippen molar-refractivity contribution in [2.75, 3.05) is 58.6 Å². The van der Waals surface area contributed by atoms with Gasteiger partial charge in [-0.15, -0.1) is 11.3 Å². The molecule has 3 N–H and O–H groups in total. The second kappa shape index (κ2) is 21.1. The van der Waals surface area contributed by atoms with Gasteiger partial charge < -0.3 is 39.8 Å². The van der Waals surface area contributed by atoms with Gasteiger partial charge >= 0.3 is 0 Å². The zero-order valence-corrected chi connectivity index (χ0v) is 37.7. The van der Waals surface area contributed by atoms with Gasteiger partial charge in [-0.2, -0.15) is 0 Å². The number of carbonyl (C=O) groups excluding carboxylic acids is 3. The van der Waals surface area contributed by atoms with Gasteiger partial charge in [0.15, 0.2) is 0 Å². The number of β-amino-alcohol motifs (C(OH)–C–C–N with tert-alkyl or cyclic N) is 1. The van der Waals surface area contributed by atoms with Crippen LogP contribution in [0.1, 0.15) is 64.3 Å². The molecule has 3 aromatic carbocycles. The van der Waals surface area contributed by atoms with Gasteiger partial charge in [-0.1, -0.05) is 63.2 Å². The SMILES string of the molecule is Cc1ncsc1-c1ccc([C@H](C)NC(=O)[C@@H]2C[C@@H](O)CN2C(=O)C(NC(=O)COCCCOCCCOc2ccc3nc(-c4ccc(N(C)C)cc4)ccc3c2)C(C)(C)C)cc1. The van der Waals surface area contributed by atoms with E-state index in [0.29, 0.717) is 39.3 Å². The normalized spacial score (nSPS) is 16.2. The van der Waals surface area contributed by atoms with Crippen molar-refractivity contribution in [2.45, 2.75) is 78.1 Å². The number of nitrogens with one attached hydrogen (secondary N) is 2. The molecule has 62 heavy (non-hydrogen) atoms. The minimum absolute atomic E-state index is 0.00475. The highest BCUT2D eigenvalue weighted by Crippen LogP contribution is 2.30. The minimum atomic E-state index is -0.944. The summed E-state index contributed by atoms with van der Waals surface area (Å²) < 4.78 is 17.3. The summed E-state index contributed by atoms with van der Waals surface area (Å²) in [6.07, 6.45) is 0.540. The fourth-order valence-electron chi connectivity index (χ4n) is 7.38. The molecule has 14 heteroatoms. The molecule has 1 fully saturated rings. The zero-order valence-electron chi connectivity index (χ0n) is 36.9. The highest BCUT2D eigenvalue weighted by atomic mass is 32.1. The lowest BCUT2D eigenvalue weighted by Gasteiger charge is -2.35. The van der Waals surface area contributed by atoms with Crippen molar-refractivity contribution in [1.82, 2.24) is 25.5 Å². The smallest absolute Gasteiger partial charge is 0.246 e. The molecule has 6 rings (SSSR count). The number of nitrogens with zero attached hydrogens (tertiary/aromatic N) is 4. The van der Waals surface area contributed by atoms with Gasteiger partial charge in [0.2, 0.25) is 17.7 Å². The van der Waals surface area contributed by atoms with E-state index in [1.165, 1.54) is 4.90 Å². The second-order valence-corrected chi connectivity index (χ2v) is 17.9. The molecule has 0 bridgehead atoms. The van der Waals surface area contributed by atoms with Crippen molar-refractivity contribution in [3.63, 3.8) is 0 Å². The maximum absolute atomic E-state index is 14.0. The van der Waals surface area contributed by atoms with Gasteiger partial charge in [-0.25, -0.2) is 9.97 Å². The highest BCUT2D eigenvalue weighted by molar-refractivity contribution is 7.13. The van der Waals surface area contributed by atoms with Crippen molar-refractivity contribution in [1.29, 1.82) is 0 Å². The van der Waals surface area contributed by atoms with E-state index in [0.717, 1.165) is 55.3 Å². The number of thiazole rings is 1. The second-order valence-electron chi connectivity index (χ2n) is 17.1. The number of hydrogen-bond acceptors (Lipinski definition) is 11. The quantitative estimate of drug-likeness (QED) is 0.0743. The first-order valence-corrected chi connectivity index (χ1v) is 22.1. The van der Waals surface area contributed by atoms with Crippen molar-refractivity contribution in [2.24, 2.45) is 5.41 Å². The van der Waals surface area contributed by atoms with Crippen LogP contribution in [-0.4, -0.2) is 110 Å². The third-order valence-corrected chi connectivity index (χ3v) is 11.9. The molecule has 3 heterocycles. The fraction of sp³-hybridized carbons (Fsp3) is 0.438. The number of likely N-dealkylation sites (tertiary alicyclic amines) is 1. The number of ether oxygens (including phenoxy) is 3. The van der Waals surface area contributed by atoms with Crippen LogP contribution in [0.25, 0.3) is 32.6 Å². The van der Waals surface area contributed by atoms with Crippen LogP contribution >= 0.6 is 11.3 Å². The minimum Gasteiger partial charge on any atom is -0.493 e. The number of amides is 3. The van der Waals surface area contributed by atoms with E-state index >= 15 is 0 Å². The van der Waals surface area contributed by atoms with Crippen LogP contribution in [0.2, 0.25) is 0 Å². The van der Waals surface area contributed by atoms with E-state index in [1.807, 2.05) is 103 Å². The van der Waals surface area contributed by atoms with Crippen LogP contribution < -0.4 is 20.3 Å². The Morgan fingerprint density at radius 3 is 2.27 bits per heavy atom. The Bertz CT molecular complexity index is 2270. The lowest BCUT2D eigenvalue weighted by atomic mass is 9.85. The van der Waals surface area contributed by atoms with Gasteiger partial charge in [0.05, 0.1) is 46.0 Å². The summed E-state index contributed by atoms with van der Waals surface area (Å²) in [5, 5.41) is 17.5. The number of aliphatic hydroxyl groups excluding tert-OH is 1. The number of hydrogen-bond donors (Lipinski definition) is 3. The Morgan fingerprint density at radius 1 is 0.903 bits per heavy atom. The lowest BCUT2D eigenvalue weighted by Crippen LogP contribution is -2.58. The molecule has 1 aliphatic heterocycles. The summed E-state index contributed by atoms with van der Waals surface area (Å²) in [4.78, 5) is 54.4. The van der Waals surface area contributed by atoms with Gasteiger partial charge in [0.25, 0.3) is 0 Å². The summed E-state index contributed by atoms with van der Waals surface area (Å²) in [6, 6.07) is 24.1. The number of benzene rings is 3. The van der Waals surface area contributed by atoms with Crippen molar-refractivity contribution >= 4 is 45.6 Å². The summed E-state index contributed by atoms with van der Waals surface area (Å²) >= 11 is 1.58. The number of pyridine rings is 1. The molecule has 330 valence electrons. The third kappa shape index (κ3) is 12.2. The number of carbonyl (C=O) groups is 3. The average Bonchev–Trinajstić information content (AvgIpc) is 3.87. The van der Waals surface area contributed by atoms with Gasteiger partial charge in [0.1, 0.15) is 24.4 Å². The van der Waals surface area contributed by atoms with Crippen molar-refractivity contribution in [3.8, 4) is 27.4 Å². The molecular weight excluding hydrogens is 805 g/mol. The first-order chi connectivity index (χ1) is 29.7. The summed E-state index contributed by atoms with van der Waals surface area (Å²) in [6.45, 7) is 11.0. The summed E-state index contributed by atoms with van der Waals surface area (Å²) in [5.41, 5.74) is 8.11. The first-order valence-electron chi connectivity index (χ1n) is 21.2. The molecule has 1 saturated heterocycles. The number of rotatable bonds is 19. The number of aryl methyl sites for hydroxylation is 1. The van der Waals surface area contributed by atoms with E-state index in [9.17, 15) is 19.5 Å². The predicted molar refractivity (Wildman–Crippen MR) is 244 cm³/mol. The molecule has 1 aliphatic rings. The topological polar surface area (TPSA) is 155 Å². The Kier molecular flexibility index (Phi) is 15.7. The Labute approximate surface area is 368 Å². The van der Waals surface area contributed by atoms with Crippen LogP contribution in [0.3, 0.4) is 0 Å². The summed E-state index contributed by atoms with van der Waals surface area (Å²) in [5.74, 6) is -0.450. The predicted octanol–water partition coefficient (Wildman–Crippen LogP) is 6.96. The van der Waals surface area contributed by atoms with Crippen LogP contribution in [0.15, 0.2) is 84.4 Å². The van der Waals surface area contributed by atoms with E-state index in [2.05, 4.69) is 50.8 Å². The van der Waals surface area contributed by atoms with Gasteiger partial charge in [0, 0.05) is 69.9 Å². The van der Waals surface area contributed by atoms with Gasteiger partial charge in [-0.05, 0) is 73.2 Å².